The minimum Gasteiger partial charge on any atom is -0.383 e. The van der Waals surface area contributed by atoms with Gasteiger partial charge in [-0.25, -0.2) is 9.97 Å². The number of anilines is 2. The maximum atomic E-state index is 10.5. The first-order valence-electron chi connectivity index (χ1n) is 9.60. The van der Waals surface area contributed by atoms with Crippen LogP contribution in [0.1, 0.15) is 17.8 Å². The summed E-state index contributed by atoms with van der Waals surface area (Å²) in [7, 11) is 0. The van der Waals surface area contributed by atoms with Crippen molar-refractivity contribution in [2.24, 2.45) is 0 Å². The maximum absolute atomic E-state index is 10.5. The van der Waals surface area contributed by atoms with Crippen molar-refractivity contribution < 1.29 is 5.11 Å². The molecular weight excluding hydrogens is 402 g/mol. The summed E-state index contributed by atoms with van der Waals surface area (Å²) >= 11 is 6.62. The van der Waals surface area contributed by atoms with Crippen LogP contribution in [0.15, 0.2) is 54.9 Å². The Labute approximate surface area is 177 Å². The third-order valence-corrected chi connectivity index (χ3v) is 5.58. The molecule has 1 unspecified atom stereocenters. The van der Waals surface area contributed by atoms with E-state index in [2.05, 4.69) is 20.6 Å². The molecule has 0 amide bonds. The van der Waals surface area contributed by atoms with Crippen molar-refractivity contribution in [1.29, 1.82) is 0 Å². The van der Waals surface area contributed by atoms with Crippen molar-refractivity contribution in [3.8, 4) is 11.3 Å². The molecule has 4 heterocycles. The smallest absolute Gasteiger partial charge is 0.151 e. The van der Waals surface area contributed by atoms with Crippen LogP contribution >= 0.6 is 11.6 Å². The molecule has 0 radical (unpaired) electrons. The van der Waals surface area contributed by atoms with Crippen molar-refractivity contribution in [2.75, 3.05) is 24.1 Å². The summed E-state index contributed by atoms with van der Waals surface area (Å²) in [5.41, 5.74) is 9.17. The third-order valence-electron chi connectivity index (χ3n) is 5.27. The number of nitrogens with zero attached hydrogens (tertiary/aromatic N) is 4. The predicted molar refractivity (Wildman–Crippen MR) is 117 cm³/mol. The fourth-order valence-corrected chi connectivity index (χ4v) is 3.87. The monoisotopic (exact) mass is 421 g/mol. The summed E-state index contributed by atoms with van der Waals surface area (Å²) in [4.78, 5) is 8.41. The van der Waals surface area contributed by atoms with Crippen molar-refractivity contribution in [3.05, 3.63) is 65.4 Å². The van der Waals surface area contributed by atoms with Crippen LogP contribution in [0.25, 0.3) is 22.2 Å². The zero-order valence-corrected chi connectivity index (χ0v) is 16.7. The normalized spacial score (nSPS) is 15.1. The lowest BCUT2D eigenvalue weighted by Crippen LogP contribution is -2.43. The molecule has 1 fully saturated rings. The summed E-state index contributed by atoms with van der Waals surface area (Å²) in [5, 5.41) is 22.8. The lowest BCUT2D eigenvalue weighted by atomic mass is 10.1. The fraction of sp³-hybridized carbons (Fsp3) is 0.190. The highest BCUT2D eigenvalue weighted by atomic mass is 35.5. The van der Waals surface area contributed by atoms with Gasteiger partial charge in [0, 0.05) is 36.6 Å². The average Bonchev–Trinajstić information content (AvgIpc) is 3.07. The number of nitrogen functional groups attached to an aromatic ring is 1. The van der Waals surface area contributed by atoms with Crippen LogP contribution in [0.4, 0.5) is 11.6 Å². The van der Waals surface area contributed by atoms with Gasteiger partial charge in [0.15, 0.2) is 6.23 Å². The first-order valence-corrected chi connectivity index (χ1v) is 9.98. The lowest BCUT2D eigenvalue weighted by molar-refractivity contribution is 0.208. The van der Waals surface area contributed by atoms with Gasteiger partial charge < -0.3 is 21.5 Å². The number of nitrogens with two attached hydrogens (primary N) is 1. The number of fused-ring (bicyclic) bond motifs is 1. The Kier molecular flexibility index (Phi) is 4.74. The zero-order chi connectivity index (χ0) is 20.7. The number of hydrogen-bond donors (Lipinski definition) is 4. The van der Waals surface area contributed by atoms with Crippen LogP contribution in [0.3, 0.4) is 0 Å². The number of benzene rings is 1. The molecule has 1 aliphatic heterocycles. The van der Waals surface area contributed by atoms with Gasteiger partial charge in [-0.1, -0.05) is 29.8 Å². The van der Waals surface area contributed by atoms with Crippen LogP contribution in [-0.4, -0.2) is 37.9 Å². The Morgan fingerprint density at radius 2 is 2.03 bits per heavy atom. The first-order chi connectivity index (χ1) is 14.6. The summed E-state index contributed by atoms with van der Waals surface area (Å²) < 4.78 is 1.99. The highest BCUT2D eigenvalue weighted by Crippen LogP contribution is 2.37. The molecule has 0 saturated carbocycles. The van der Waals surface area contributed by atoms with Crippen LogP contribution in [0, 0.1) is 0 Å². The van der Waals surface area contributed by atoms with Crippen molar-refractivity contribution >= 4 is 34.1 Å². The van der Waals surface area contributed by atoms with Crippen LogP contribution in [0.5, 0.6) is 0 Å². The number of rotatable bonds is 5. The molecule has 1 atom stereocenters. The number of pyridine rings is 2. The Morgan fingerprint density at radius 1 is 1.17 bits per heavy atom. The topological polar surface area (TPSA) is 114 Å². The second-order valence-corrected chi connectivity index (χ2v) is 7.60. The van der Waals surface area contributed by atoms with Gasteiger partial charge in [0.2, 0.25) is 0 Å². The molecule has 1 saturated heterocycles. The average molecular weight is 422 g/mol. The number of nitrogens with one attached hydrogen (secondary N) is 2. The molecule has 1 aliphatic rings. The summed E-state index contributed by atoms with van der Waals surface area (Å²) in [6, 6.07) is 13.0. The molecule has 0 spiro atoms. The van der Waals surface area contributed by atoms with E-state index in [4.69, 9.17) is 22.4 Å². The summed E-state index contributed by atoms with van der Waals surface area (Å²) in [6.07, 6.45) is 2.40. The molecule has 9 heteroatoms. The largest absolute Gasteiger partial charge is 0.383 e. The molecule has 30 heavy (non-hydrogen) atoms. The predicted octanol–water partition coefficient (Wildman–Crippen LogP) is 2.98. The van der Waals surface area contributed by atoms with E-state index in [1.807, 2.05) is 35.0 Å². The minimum atomic E-state index is -0.950. The molecule has 5 N–H and O–H groups in total. The number of halogens is 1. The van der Waals surface area contributed by atoms with Crippen LogP contribution < -0.4 is 16.4 Å². The molecule has 0 bridgehead atoms. The van der Waals surface area contributed by atoms with Gasteiger partial charge in [-0.3, -0.25) is 4.68 Å². The Balaban J connectivity index is 1.53. The molecule has 3 aromatic heterocycles. The third kappa shape index (κ3) is 3.24. The SMILES string of the molecule is Nc1nccc2c1c(-c1ccc(C(O)Nc3ccccn3)cc1Cl)nn2C1CNC1. The number of aliphatic hydroxyl groups excluding tert-OH is 1. The van der Waals surface area contributed by atoms with Gasteiger partial charge in [0.1, 0.15) is 17.3 Å². The molecule has 4 aromatic rings. The summed E-state index contributed by atoms with van der Waals surface area (Å²) in [5.74, 6) is 0.987. The minimum absolute atomic E-state index is 0.269. The highest BCUT2D eigenvalue weighted by molar-refractivity contribution is 6.33. The van der Waals surface area contributed by atoms with E-state index in [-0.39, 0.29) is 6.04 Å². The standard InChI is InChI=1S/C21H20ClN7O/c22-15-9-12(21(30)27-17-3-1-2-7-25-17)4-5-14(15)19-18-16(6-8-26-20(18)23)29(28-19)13-10-24-11-13/h1-9,13,21,24,30H,10-11H2,(H2,23,26)(H,25,27). The quantitative estimate of drug-likeness (QED) is 0.366. The fourth-order valence-electron chi connectivity index (χ4n) is 3.59. The van der Waals surface area contributed by atoms with Crippen LogP contribution in [-0.2, 0) is 0 Å². The lowest BCUT2D eigenvalue weighted by Gasteiger charge is -2.27. The van der Waals surface area contributed by atoms with Crippen molar-refractivity contribution in [2.45, 2.75) is 12.3 Å². The Morgan fingerprint density at radius 3 is 2.73 bits per heavy atom. The summed E-state index contributed by atoms with van der Waals surface area (Å²) in [6.45, 7) is 1.72. The first kappa shape index (κ1) is 18.8. The van der Waals surface area contributed by atoms with E-state index in [0.29, 0.717) is 27.9 Å². The van der Waals surface area contributed by atoms with E-state index in [9.17, 15) is 5.11 Å². The van der Waals surface area contributed by atoms with E-state index < -0.39 is 6.23 Å². The van der Waals surface area contributed by atoms with Crippen LogP contribution in [0.2, 0.25) is 5.02 Å². The van der Waals surface area contributed by atoms with Gasteiger partial charge in [0.05, 0.1) is 22.0 Å². The van der Waals surface area contributed by atoms with E-state index >= 15 is 0 Å². The molecular formula is C21H20ClN7O. The Bertz CT molecular complexity index is 1210. The second-order valence-electron chi connectivity index (χ2n) is 7.20. The zero-order valence-electron chi connectivity index (χ0n) is 16.0. The second kappa shape index (κ2) is 7.56. The van der Waals surface area contributed by atoms with E-state index in [0.717, 1.165) is 29.6 Å². The molecule has 8 nitrogen and oxygen atoms in total. The van der Waals surface area contributed by atoms with Gasteiger partial charge in [-0.2, -0.15) is 5.10 Å². The van der Waals surface area contributed by atoms with E-state index in [1.54, 1.807) is 24.5 Å². The van der Waals surface area contributed by atoms with Crippen molar-refractivity contribution in [3.63, 3.8) is 0 Å². The van der Waals surface area contributed by atoms with Gasteiger partial charge in [-0.05, 0) is 24.3 Å². The van der Waals surface area contributed by atoms with E-state index in [1.165, 1.54) is 0 Å². The number of hydrogen-bond acceptors (Lipinski definition) is 7. The van der Waals surface area contributed by atoms with Crippen molar-refractivity contribution in [1.82, 2.24) is 25.1 Å². The van der Waals surface area contributed by atoms with Gasteiger partial charge >= 0.3 is 0 Å². The maximum Gasteiger partial charge on any atom is 0.151 e. The van der Waals surface area contributed by atoms with Gasteiger partial charge in [0.25, 0.3) is 0 Å². The number of aromatic nitrogens is 4. The van der Waals surface area contributed by atoms with Gasteiger partial charge in [-0.15, -0.1) is 0 Å². The Hall–Kier alpha value is -3.20. The molecule has 1 aromatic carbocycles. The highest BCUT2D eigenvalue weighted by Gasteiger charge is 2.26. The molecule has 5 rings (SSSR count). The molecule has 152 valence electrons. The molecule has 0 aliphatic carbocycles. The number of aliphatic hydroxyl groups is 1.